The number of hydrogen-bond donors (Lipinski definition) is 1. The van der Waals surface area contributed by atoms with E-state index in [4.69, 9.17) is 21.1 Å². The van der Waals surface area contributed by atoms with Gasteiger partial charge in [-0.2, -0.15) is 0 Å². The molecule has 1 N–H and O–H groups in total. The molecule has 36 heavy (non-hydrogen) atoms. The molecule has 4 rings (SSSR count). The number of carbonyl (C=O) groups excluding carboxylic acids is 2. The number of ether oxygens (including phenoxy) is 2. The molecule has 1 aliphatic rings. The molecule has 2 heterocycles. The van der Waals surface area contributed by atoms with Crippen molar-refractivity contribution in [3.63, 3.8) is 0 Å². The van der Waals surface area contributed by atoms with Gasteiger partial charge in [-0.1, -0.05) is 54.1 Å². The minimum absolute atomic E-state index is 0.120. The molecular weight excluding hydrogens is 480 g/mol. The van der Waals surface area contributed by atoms with E-state index in [1.807, 2.05) is 66.5 Å². The molecule has 1 unspecified atom stereocenters. The van der Waals surface area contributed by atoms with Crippen LogP contribution in [0.1, 0.15) is 34.0 Å². The molecule has 9 heteroatoms. The topological polar surface area (TPSA) is 84.0 Å². The van der Waals surface area contributed by atoms with E-state index < -0.39 is 6.09 Å². The number of alkyl carbamates (subject to hydrolysis) is 1. The molecule has 0 aliphatic carbocycles. The van der Waals surface area contributed by atoms with E-state index >= 15 is 0 Å². The van der Waals surface area contributed by atoms with Gasteiger partial charge in [-0.3, -0.25) is 4.79 Å². The number of aromatic nitrogens is 1. The number of benzene rings is 2. The van der Waals surface area contributed by atoms with E-state index in [0.717, 1.165) is 22.5 Å². The molecule has 0 spiro atoms. The number of hydrogen-bond acceptors (Lipinski definition) is 6. The van der Waals surface area contributed by atoms with Crippen LogP contribution in [0, 0.1) is 0 Å². The first-order valence-corrected chi connectivity index (χ1v) is 12.1. The second kappa shape index (κ2) is 11.9. The third-order valence-electron chi connectivity index (χ3n) is 6.06. The number of likely N-dealkylation sites (N-methyl/N-ethyl adjacent to an activating group) is 1. The molecule has 2 amide bonds. The fourth-order valence-electron chi connectivity index (χ4n) is 4.12. The lowest BCUT2D eigenvalue weighted by atomic mass is 10.1. The molecule has 0 saturated carbocycles. The van der Waals surface area contributed by atoms with Crippen molar-refractivity contribution >= 4 is 35.0 Å². The van der Waals surface area contributed by atoms with Crippen molar-refractivity contribution < 1.29 is 19.1 Å². The van der Waals surface area contributed by atoms with Crippen LogP contribution in [0.15, 0.2) is 66.9 Å². The Labute approximate surface area is 215 Å². The Balaban J connectivity index is 1.49. The zero-order valence-corrected chi connectivity index (χ0v) is 21.1. The van der Waals surface area contributed by atoms with Gasteiger partial charge in [0.2, 0.25) is 0 Å². The first-order valence-electron chi connectivity index (χ1n) is 11.7. The highest BCUT2D eigenvalue weighted by Gasteiger charge is 2.27. The van der Waals surface area contributed by atoms with E-state index in [9.17, 15) is 9.59 Å². The Morgan fingerprint density at radius 3 is 2.72 bits per heavy atom. The predicted octanol–water partition coefficient (Wildman–Crippen LogP) is 4.84. The van der Waals surface area contributed by atoms with Crippen LogP contribution in [0.5, 0.6) is 0 Å². The molecule has 8 nitrogen and oxygen atoms in total. The van der Waals surface area contributed by atoms with Crippen LogP contribution in [0.25, 0.3) is 0 Å². The summed E-state index contributed by atoms with van der Waals surface area (Å²) >= 11 is 6.07. The van der Waals surface area contributed by atoms with Crippen LogP contribution < -0.4 is 15.1 Å². The predicted molar refractivity (Wildman–Crippen MR) is 140 cm³/mol. The van der Waals surface area contributed by atoms with Crippen LogP contribution in [0.2, 0.25) is 5.15 Å². The Bertz CT molecular complexity index is 1210. The van der Waals surface area contributed by atoms with Crippen molar-refractivity contribution in [2.45, 2.75) is 19.1 Å². The summed E-state index contributed by atoms with van der Waals surface area (Å²) in [5, 5.41) is 2.80. The number of anilines is 2. The monoisotopic (exact) mass is 508 g/mol. The van der Waals surface area contributed by atoms with Crippen LogP contribution in [0.4, 0.5) is 16.2 Å². The van der Waals surface area contributed by atoms with Gasteiger partial charge in [0.25, 0.3) is 5.91 Å². The minimum Gasteiger partial charge on any atom is -0.449 e. The largest absolute Gasteiger partial charge is 0.449 e. The average molecular weight is 509 g/mol. The lowest BCUT2D eigenvalue weighted by Crippen LogP contribution is -2.33. The highest BCUT2D eigenvalue weighted by atomic mass is 35.5. The first kappa shape index (κ1) is 25.5. The Kier molecular flexibility index (Phi) is 8.40. The number of halogens is 1. The quantitative estimate of drug-likeness (QED) is 0.438. The van der Waals surface area contributed by atoms with E-state index in [1.165, 1.54) is 13.2 Å². The Morgan fingerprint density at radius 2 is 1.94 bits per heavy atom. The summed E-state index contributed by atoms with van der Waals surface area (Å²) < 4.78 is 11.4. The summed E-state index contributed by atoms with van der Waals surface area (Å²) in [5.41, 5.74) is 4.01. The molecule has 0 fully saturated rings. The Morgan fingerprint density at radius 1 is 1.14 bits per heavy atom. The molecule has 0 radical (unpaired) electrons. The maximum absolute atomic E-state index is 13.4. The number of pyridine rings is 1. The summed E-state index contributed by atoms with van der Waals surface area (Å²) in [4.78, 5) is 32.7. The normalized spacial score (nSPS) is 14.1. The van der Waals surface area contributed by atoms with Gasteiger partial charge in [-0.05, 0) is 29.3 Å². The fourth-order valence-corrected chi connectivity index (χ4v) is 4.27. The summed E-state index contributed by atoms with van der Waals surface area (Å²) in [6.45, 7) is 1.74. The highest BCUT2D eigenvalue weighted by Crippen LogP contribution is 2.29. The molecule has 188 valence electrons. The van der Waals surface area contributed by atoms with Gasteiger partial charge >= 0.3 is 6.09 Å². The fraction of sp³-hybridized carbons (Fsp3) is 0.296. The molecule has 0 bridgehead atoms. The van der Waals surface area contributed by atoms with Crippen molar-refractivity contribution in [1.82, 2.24) is 10.3 Å². The molecule has 1 aliphatic heterocycles. The number of fused-ring (bicyclic) bond motifs is 1. The molecule has 1 aromatic heterocycles. The number of nitrogens with one attached hydrogen (secondary N) is 1. The van der Waals surface area contributed by atoms with E-state index in [0.29, 0.717) is 36.8 Å². The number of amides is 2. The van der Waals surface area contributed by atoms with Crippen molar-refractivity contribution in [3.05, 3.63) is 88.7 Å². The number of carbonyl (C=O) groups is 2. The summed E-state index contributed by atoms with van der Waals surface area (Å²) in [7, 11) is 3.46. The van der Waals surface area contributed by atoms with Crippen LogP contribution in [-0.2, 0) is 16.1 Å². The summed E-state index contributed by atoms with van der Waals surface area (Å²) in [5.74, 6) is -0.120. The SMILES string of the molecule is CNC(=O)OCCC(OCc1cccc(N2CCN(C)c3cc(Cl)ncc3C2=O)c1)c1ccccc1. The minimum atomic E-state index is -0.471. The van der Waals surface area contributed by atoms with Gasteiger partial charge in [-0.15, -0.1) is 0 Å². The number of nitrogens with zero attached hydrogens (tertiary/aromatic N) is 3. The lowest BCUT2D eigenvalue weighted by Gasteiger charge is -2.22. The summed E-state index contributed by atoms with van der Waals surface area (Å²) in [6.07, 6.45) is 1.32. The maximum Gasteiger partial charge on any atom is 0.406 e. The Hall–Kier alpha value is -3.62. The molecular formula is C27H29ClN4O4. The van der Waals surface area contributed by atoms with E-state index in [-0.39, 0.29) is 18.6 Å². The van der Waals surface area contributed by atoms with Gasteiger partial charge in [0.05, 0.1) is 30.6 Å². The first-order chi connectivity index (χ1) is 17.5. The van der Waals surface area contributed by atoms with Gasteiger partial charge in [0.1, 0.15) is 5.15 Å². The number of rotatable bonds is 8. The van der Waals surface area contributed by atoms with Gasteiger partial charge in [-0.25, -0.2) is 9.78 Å². The highest BCUT2D eigenvalue weighted by molar-refractivity contribution is 6.30. The van der Waals surface area contributed by atoms with Crippen LogP contribution >= 0.6 is 11.6 Å². The van der Waals surface area contributed by atoms with E-state index in [2.05, 4.69) is 10.3 Å². The van der Waals surface area contributed by atoms with Gasteiger partial charge in [0.15, 0.2) is 0 Å². The van der Waals surface area contributed by atoms with E-state index in [1.54, 1.807) is 11.0 Å². The van der Waals surface area contributed by atoms with Gasteiger partial charge < -0.3 is 24.6 Å². The van der Waals surface area contributed by atoms with Crippen molar-refractivity contribution in [3.8, 4) is 0 Å². The molecule has 0 saturated heterocycles. The van der Waals surface area contributed by atoms with Gasteiger partial charge in [0, 0.05) is 45.5 Å². The second-order valence-corrected chi connectivity index (χ2v) is 8.84. The smallest absolute Gasteiger partial charge is 0.406 e. The van der Waals surface area contributed by atoms with Crippen molar-refractivity contribution in [2.75, 3.05) is 43.6 Å². The lowest BCUT2D eigenvalue weighted by molar-refractivity contribution is 0.0199. The maximum atomic E-state index is 13.4. The standard InChI is InChI=1S/C27H29ClN4O4/c1-29-27(34)35-14-11-24(20-8-4-3-5-9-20)36-18-19-7-6-10-21(15-19)32-13-12-31(2)23-16-25(28)30-17-22(23)26(32)33/h3-10,15-17,24H,11-14,18H2,1-2H3,(H,29,34). The summed E-state index contributed by atoms with van der Waals surface area (Å²) in [6, 6.07) is 19.3. The van der Waals surface area contributed by atoms with Crippen LogP contribution in [0.3, 0.4) is 0 Å². The zero-order valence-electron chi connectivity index (χ0n) is 20.3. The second-order valence-electron chi connectivity index (χ2n) is 8.46. The molecule has 1 atom stereocenters. The van der Waals surface area contributed by atoms with Crippen molar-refractivity contribution in [2.24, 2.45) is 0 Å². The molecule has 2 aromatic carbocycles. The van der Waals surface area contributed by atoms with Crippen molar-refractivity contribution in [1.29, 1.82) is 0 Å². The molecule has 3 aromatic rings. The third kappa shape index (κ3) is 6.13. The average Bonchev–Trinajstić information content (AvgIpc) is 3.02. The third-order valence-corrected chi connectivity index (χ3v) is 6.26. The zero-order chi connectivity index (χ0) is 25.5. The van der Waals surface area contributed by atoms with Crippen LogP contribution in [-0.4, -0.2) is 50.8 Å².